The van der Waals surface area contributed by atoms with Gasteiger partial charge in [-0.15, -0.1) is 0 Å². The van der Waals surface area contributed by atoms with Crippen LogP contribution >= 0.6 is 0 Å². The topological polar surface area (TPSA) is 52.9 Å². The van der Waals surface area contributed by atoms with E-state index in [1.807, 2.05) is 0 Å². The van der Waals surface area contributed by atoms with Crippen molar-refractivity contribution in [2.45, 2.75) is 31.7 Å². The van der Waals surface area contributed by atoms with Crippen LogP contribution in [-0.4, -0.2) is 47.5 Å². The van der Waals surface area contributed by atoms with Crippen LogP contribution in [0, 0.1) is 0 Å². The number of ether oxygens (including phenoxy) is 1. The molecule has 4 nitrogen and oxygen atoms in total. The van der Waals surface area contributed by atoms with Gasteiger partial charge in [0, 0.05) is 19.6 Å². The highest BCUT2D eigenvalue weighted by atomic mass is 19.3. The first-order valence-corrected chi connectivity index (χ1v) is 6.68. The third-order valence-electron chi connectivity index (χ3n) is 3.48. The summed E-state index contributed by atoms with van der Waals surface area (Å²) in [4.78, 5) is 2.08. The first-order valence-electron chi connectivity index (χ1n) is 6.68. The third kappa shape index (κ3) is 4.40. The zero-order valence-electron chi connectivity index (χ0n) is 11.1. The maximum absolute atomic E-state index is 12.0. The fraction of sp³-hybridized carbons (Fsp3) is 0.571. The van der Waals surface area contributed by atoms with E-state index >= 15 is 0 Å². The minimum absolute atomic E-state index is 0.0806. The number of hydrogen-bond acceptors (Lipinski definition) is 4. The fourth-order valence-corrected chi connectivity index (χ4v) is 2.32. The molecule has 0 radical (unpaired) electrons. The van der Waals surface area contributed by atoms with Crippen molar-refractivity contribution in [1.29, 1.82) is 0 Å². The van der Waals surface area contributed by atoms with Crippen LogP contribution in [0.3, 0.4) is 0 Å². The molecule has 2 N–H and O–H groups in total. The Hall–Kier alpha value is -1.24. The second-order valence-corrected chi connectivity index (χ2v) is 5.00. The van der Waals surface area contributed by atoms with Crippen LogP contribution in [0.1, 0.15) is 24.5 Å². The van der Waals surface area contributed by atoms with E-state index in [1.54, 1.807) is 12.1 Å². The van der Waals surface area contributed by atoms with E-state index in [0.717, 1.165) is 13.1 Å². The van der Waals surface area contributed by atoms with Crippen molar-refractivity contribution in [3.05, 3.63) is 29.8 Å². The van der Waals surface area contributed by atoms with Gasteiger partial charge in [-0.05, 0) is 30.5 Å². The molecule has 20 heavy (non-hydrogen) atoms. The average Bonchev–Trinajstić information content (AvgIpc) is 2.41. The molecule has 0 spiro atoms. The number of benzene rings is 1. The van der Waals surface area contributed by atoms with Crippen LogP contribution in [-0.2, 0) is 0 Å². The second kappa shape index (κ2) is 6.97. The summed E-state index contributed by atoms with van der Waals surface area (Å²) in [5.41, 5.74) is 0.665. The van der Waals surface area contributed by atoms with Crippen molar-refractivity contribution in [2.75, 3.05) is 19.6 Å². The minimum atomic E-state index is -2.84. The Labute approximate surface area is 116 Å². The lowest BCUT2D eigenvalue weighted by molar-refractivity contribution is -0.0498. The molecule has 1 heterocycles. The van der Waals surface area contributed by atoms with Crippen molar-refractivity contribution in [2.24, 2.45) is 0 Å². The van der Waals surface area contributed by atoms with Crippen molar-refractivity contribution >= 4 is 0 Å². The van der Waals surface area contributed by atoms with Gasteiger partial charge in [0.25, 0.3) is 0 Å². The molecule has 1 unspecified atom stereocenters. The van der Waals surface area contributed by atoms with Gasteiger partial charge in [0.2, 0.25) is 0 Å². The first kappa shape index (κ1) is 15.2. The quantitative estimate of drug-likeness (QED) is 0.867. The van der Waals surface area contributed by atoms with Crippen LogP contribution < -0.4 is 4.74 Å². The SMILES string of the molecule is OC1CCN(CC(O)c2ccc(OC(F)F)cc2)CC1. The Morgan fingerprint density at radius 3 is 2.35 bits per heavy atom. The van der Waals surface area contributed by atoms with Crippen molar-refractivity contribution < 1.29 is 23.7 Å². The summed E-state index contributed by atoms with van der Waals surface area (Å²) < 4.78 is 28.3. The summed E-state index contributed by atoms with van der Waals surface area (Å²) in [6.45, 7) is -0.859. The monoisotopic (exact) mass is 287 g/mol. The van der Waals surface area contributed by atoms with E-state index in [9.17, 15) is 19.0 Å². The van der Waals surface area contributed by atoms with Gasteiger partial charge in [-0.2, -0.15) is 8.78 Å². The summed E-state index contributed by atoms with van der Waals surface area (Å²) in [6, 6.07) is 6.01. The highest BCUT2D eigenvalue weighted by Gasteiger charge is 2.20. The first-order chi connectivity index (χ1) is 9.54. The van der Waals surface area contributed by atoms with Gasteiger partial charge in [0.1, 0.15) is 5.75 Å². The van der Waals surface area contributed by atoms with Crippen LogP contribution in [0.15, 0.2) is 24.3 Å². The van der Waals surface area contributed by atoms with E-state index < -0.39 is 12.7 Å². The molecule has 1 fully saturated rings. The maximum Gasteiger partial charge on any atom is 0.387 e. The fourth-order valence-electron chi connectivity index (χ4n) is 2.32. The van der Waals surface area contributed by atoms with Gasteiger partial charge in [-0.25, -0.2) is 0 Å². The zero-order chi connectivity index (χ0) is 14.5. The maximum atomic E-state index is 12.0. The zero-order valence-corrected chi connectivity index (χ0v) is 11.1. The Bertz CT molecular complexity index is 405. The van der Waals surface area contributed by atoms with Crippen molar-refractivity contribution in [3.63, 3.8) is 0 Å². The number of aliphatic hydroxyl groups is 2. The predicted molar refractivity (Wildman–Crippen MR) is 69.7 cm³/mol. The Kier molecular flexibility index (Phi) is 5.28. The predicted octanol–water partition coefficient (Wildman–Crippen LogP) is 1.78. The molecule has 0 bridgehead atoms. The normalized spacial score (nSPS) is 19.2. The van der Waals surface area contributed by atoms with E-state index in [0.29, 0.717) is 24.9 Å². The molecule has 1 atom stereocenters. The van der Waals surface area contributed by atoms with E-state index in [4.69, 9.17) is 0 Å². The average molecular weight is 287 g/mol. The van der Waals surface area contributed by atoms with Crippen LogP contribution in [0.4, 0.5) is 8.78 Å². The number of piperidine rings is 1. The van der Waals surface area contributed by atoms with Crippen LogP contribution in [0.5, 0.6) is 5.75 Å². The van der Waals surface area contributed by atoms with Gasteiger partial charge in [-0.3, -0.25) is 0 Å². The highest BCUT2D eigenvalue weighted by Crippen LogP contribution is 2.21. The van der Waals surface area contributed by atoms with Crippen LogP contribution in [0.25, 0.3) is 0 Å². The number of nitrogens with zero attached hydrogens (tertiary/aromatic N) is 1. The molecule has 1 aliphatic rings. The molecule has 0 aliphatic carbocycles. The Morgan fingerprint density at radius 1 is 1.20 bits per heavy atom. The van der Waals surface area contributed by atoms with Crippen molar-refractivity contribution in [1.82, 2.24) is 4.90 Å². The van der Waals surface area contributed by atoms with E-state index in [2.05, 4.69) is 9.64 Å². The van der Waals surface area contributed by atoms with Gasteiger partial charge in [0.05, 0.1) is 12.2 Å². The Morgan fingerprint density at radius 2 is 1.80 bits per heavy atom. The molecule has 0 amide bonds. The number of rotatable bonds is 5. The summed E-state index contributed by atoms with van der Waals surface area (Å²) in [7, 11) is 0. The van der Waals surface area contributed by atoms with Gasteiger partial charge < -0.3 is 19.8 Å². The Balaban J connectivity index is 1.87. The second-order valence-electron chi connectivity index (χ2n) is 5.00. The summed E-state index contributed by atoms with van der Waals surface area (Å²) in [6.07, 6.45) is 0.516. The lowest BCUT2D eigenvalue weighted by atomic mass is 10.1. The minimum Gasteiger partial charge on any atom is -0.435 e. The molecule has 1 aromatic carbocycles. The van der Waals surface area contributed by atoms with Gasteiger partial charge in [0.15, 0.2) is 0 Å². The number of halogens is 2. The largest absolute Gasteiger partial charge is 0.435 e. The van der Waals surface area contributed by atoms with Gasteiger partial charge >= 0.3 is 6.61 Å². The lowest BCUT2D eigenvalue weighted by Crippen LogP contribution is -2.38. The summed E-state index contributed by atoms with van der Waals surface area (Å²) >= 11 is 0. The summed E-state index contributed by atoms with van der Waals surface area (Å²) in [5.74, 6) is 0.0806. The molecule has 0 saturated carbocycles. The summed E-state index contributed by atoms with van der Waals surface area (Å²) in [5, 5.41) is 19.5. The van der Waals surface area contributed by atoms with E-state index in [-0.39, 0.29) is 11.9 Å². The smallest absolute Gasteiger partial charge is 0.387 e. The third-order valence-corrected chi connectivity index (χ3v) is 3.48. The van der Waals surface area contributed by atoms with E-state index in [1.165, 1.54) is 12.1 Å². The number of alkyl halides is 2. The van der Waals surface area contributed by atoms with Crippen LogP contribution in [0.2, 0.25) is 0 Å². The number of likely N-dealkylation sites (tertiary alicyclic amines) is 1. The number of aliphatic hydroxyl groups excluding tert-OH is 2. The standard InChI is InChI=1S/C14H19F2NO3/c15-14(16)20-12-3-1-10(2-4-12)13(19)9-17-7-5-11(18)6-8-17/h1-4,11,13-14,18-19H,5-9H2. The number of hydrogen-bond donors (Lipinski definition) is 2. The molecule has 1 aromatic rings. The molecule has 6 heteroatoms. The lowest BCUT2D eigenvalue weighted by Gasteiger charge is -2.31. The molecular weight excluding hydrogens is 268 g/mol. The molecular formula is C14H19F2NO3. The van der Waals surface area contributed by atoms with Crippen molar-refractivity contribution in [3.8, 4) is 5.75 Å². The highest BCUT2D eigenvalue weighted by molar-refractivity contribution is 5.28. The van der Waals surface area contributed by atoms with Gasteiger partial charge in [-0.1, -0.05) is 12.1 Å². The molecule has 2 rings (SSSR count). The molecule has 0 aromatic heterocycles. The number of β-amino-alcohol motifs (C(OH)–C–C–N with tert-alkyl or cyclic N) is 1. The molecule has 1 saturated heterocycles. The molecule has 1 aliphatic heterocycles. The molecule has 112 valence electrons.